The zero-order valence-corrected chi connectivity index (χ0v) is 10.4. The van der Waals surface area contributed by atoms with E-state index in [1.165, 1.54) is 0 Å². The number of ether oxygens (including phenoxy) is 1. The zero-order valence-electron chi connectivity index (χ0n) is 10.4. The summed E-state index contributed by atoms with van der Waals surface area (Å²) in [5, 5.41) is 8.74. The van der Waals surface area contributed by atoms with E-state index >= 15 is 0 Å². The average Bonchev–Trinajstić information content (AvgIpc) is 2.44. The number of nitrogens with two attached hydrogens (primary N) is 1. The minimum absolute atomic E-state index is 0.345. The maximum atomic E-state index is 8.74. The lowest BCUT2D eigenvalue weighted by Gasteiger charge is -2.06. The van der Waals surface area contributed by atoms with Gasteiger partial charge in [0.25, 0.3) is 0 Å². The van der Waals surface area contributed by atoms with Crippen molar-refractivity contribution in [3.05, 3.63) is 48.2 Å². The van der Waals surface area contributed by atoms with Crippen molar-refractivity contribution < 1.29 is 4.74 Å². The highest BCUT2D eigenvalue weighted by Gasteiger charge is 2.02. The van der Waals surface area contributed by atoms with E-state index in [0.29, 0.717) is 22.9 Å². The topological polar surface area (TPSA) is 71.9 Å². The molecule has 0 atom stereocenters. The first-order chi connectivity index (χ1) is 8.79. The standard InChI is InChI=1S/C12H9N3O.C2H6/c13-8-9-3-1-4-10(7-9)16-12-11(14)5-2-6-15-12;1-2/h1-7H,14H2;1-2H3. The molecule has 0 unspecified atom stereocenters. The van der Waals surface area contributed by atoms with Crippen molar-refractivity contribution in [1.82, 2.24) is 4.98 Å². The number of aromatic nitrogens is 1. The van der Waals surface area contributed by atoms with Crippen molar-refractivity contribution >= 4 is 5.69 Å². The maximum absolute atomic E-state index is 8.74. The number of anilines is 1. The molecule has 1 aromatic heterocycles. The summed E-state index contributed by atoms with van der Waals surface area (Å²) < 4.78 is 5.46. The van der Waals surface area contributed by atoms with Gasteiger partial charge in [-0.2, -0.15) is 5.26 Å². The molecule has 0 aliphatic rings. The summed E-state index contributed by atoms with van der Waals surface area (Å²) in [6.07, 6.45) is 1.60. The molecule has 0 aliphatic carbocycles. The number of pyridine rings is 1. The second-order valence-electron chi connectivity index (χ2n) is 3.14. The van der Waals surface area contributed by atoms with Crippen molar-refractivity contribution in [3.8, 4) is 17.7 Å². The maximum Gasteiger partial charge on any atom is 0.242 e. The van der Waals surface area contributed by atoms with Crippen LogP contribution >= 0.6 is 0 Å². The van der Waals surface area contributed by atoms with Crippen LogP contribution in [0, 0.1) is 11.3 Å². The zero-order chi connectivity index (χ0) is 13.4. The second kappa shape index (κ2) is 6.92. The monoisotopic (exact) mass is 241 g/mol. The van der Waals surface area contributed by atoms with Crippen LogP contribution < -0.4 is 10.5 Å². The number of benzene rings is 1. The Bertz CT molecular complexity index is 547. The van der Waals surface area contributed by atoms with E-state index in [9.17, 15) is 0 Å². The summed E-state index contributed by atoms with van der Waals surface area (Å²) in [6, 6.07) is 12.3. The molecule has 0 saturated carbocycles. The molecule has 2 rings (SSSR count). The van der Waals surface area contributed by atoms with E-state index in [1.54, 1.807) is 42.6 Å². The molecule has 2 N–H and O–H groups in total. The van der Waals surface area contributed by atoms with Crippen LogP contribution in [-0.2, 0) is 0 Å². The van der Waals surface area contributed by atoms with E-state index in [-0.39, 0.29) is 0 Å². The minimum Gasteiger partial charge on any atom is -0.437 e. The molecule has 0 radical (unpaired) electrons. The van der Waals surface area contributed by atoms with E-state index in [2.05, 4.69) is 4.98 Å². The number of hydrogen-bond donors (Lipinski definition) is 1. The highest BCUT2D eigenvalue weighted by atomic mass is 16.5. The lowest BCUT2D eigenvalue weighted by atomic mass is 10.2. The molecular weight excluding hydrogens is 226 g/mol. The third-order valence-electron chi connectivity index (χ3n) is 1.98. The minimum atomic E-state index is 0.345. The SMILES string of the molecule is CC.N#Cc1cccc(Oc2ncccc2N)c1. The fraction of sp³-hybridized carbons (Fsp3) is 0.143. The van der Waals surface area contributed by atoms with Crippen LogP contribution in [0.3, 0.4) is 0 Å². The van der Waals surface area contributed by atoms with E-state index in [4.69, 9.17) is 15.7 Å². The normalized spacial score (nSPS) is 8.72. The van der Waals surface area contributed by atoms with Crippen molar-refractivity contribution in [2.24, 2.45) is 0 Å². The van der Waals surface area contributed by atoms with Gasteiger partial charge in [0.05, 0.1) is 17.3 Å². The van der Waals surface area contributed by atoms with Gasteiger partial charge in [0.15, 0.2) is 0 Å². The van der Waals surface area contributed by atoms with Crippen LogP contribution in [0.4, 0.5) is 5.69 Å². The number of nitrogens with zero attached hydrogens (tertiary/aromatic N) is 2. The highest BCUT2D eigenvalue weighted by Crippen LogP contribution is 2.24. The molecule has 4 nitrogen and oxygen atoms in total. The average molecular weight is 241 g/mol. The van der Waals surface area contributed by atoms with Crippen molar-refractivity contribution in [3.63, 3.8) is 0 Å². The summed E-state index contributed by atoms with van der Waals surface area (Å²) in [5.41, 5.74) is 6.68. The van der Waals surface area contributed by atoms with Gasteiger partial charge >= 0.3 is 0 Å². The van der Waals surface area contributed by atoms with Gasteiger partial charge in [-0.1, -0.05) is 19.9 Å². The van der Waals surface area contributed by atoms with E-state index < -0.39 is 0 Å². The van der Waals surface area contributed by atoms with Gasteiger partial charge in [0.2, 0.25) is 5.88 Å². The summed E-state index contributed by atoms with van der Waals surface area (Å²) >= 11 is 0. The van der Waals surface area contributed by atoms with E-state index in [1.807, 2.05) is 19.9 Å². The smallest absolute Gasteiger partial charge is 0.242 e. The summed E-state index contributed by atoms with van der Waals surface area (Å²) in [5.74, 6) is 0.891. The predicted molar refractivity (Wildman–Crippen MR) is 71.2 cm³/mol. The quantitative estimate of drug-likeness (QED) is 0.875. The lowest BCUT2D eigenvalue weighted by molar-refractivity contribution is 0.465. The van der Waals surface area contributed by atoms with Gasteiger partial charge < -0.3 is 10.5 Å². The summed E-state index contributed by atoms with van der Waals surface area (Å²) in [4.78, 5) is 4.00. The van der Waals surface area contributed by atoms with Crippen LogP contribution in [0.2, 0.25) is 0 Å². The lowest BCUT2D eigenvalue weighted by Crippen LogP contribution is -1.94. The molecule has 0 spiro atoms. The second-order valence-corrected chi connectivity index (χ2v) is 3.14. The van der Waals surface area contributed by atoms with Crippen LogP contribution in [-0.4, -0.2) is 4.98 Å². The Morgan fingerprint density at radius 2 is 2.00 bits per heavy atom. The Hall–Kier alpha value is -2.54. The number of nitrogen functional groups attached to an aromatic ring is 1. The molecule has 92 valence electrons. The Kier molecular flexibility index (Phi) is 5.20. The van der Waals surface area contributed by atoms with Crippen molar-refractivity contribution in [2.45, 2.75) is 13.8 Å². The molecule has 1 aromatic carbocycles. The molecule has 0 saturated heterocycles. The molecule has 4 heteroatoms. The molecule has 0 amide bonds. The van der Waals surface area contributed by atoms with Crippen LogP contribution in [0.25, 0.3) is 0 Å². The first-order valence-electron chi connectivity index (χ1n) is 5.68. The Morgan fingerprint density at radius 1 is 1.22 bits per heavy atom. The molecule has 0 fully saturated rings. The molecule has 18 heavy (non-hydrogen) atoms. The predicted octanol–water partition coefficient (Wildman–Crippen LogP) is 3.35. The third kappa shape index (κ3) is 3.49. The first kappa shape index (κ1) is 13.5. The molecular formula is C14H15N3O. The third-order valence-corrected chi connectivity index (χ3v) is 1.98. The Morgan fingerprint density at radius 3 is 2.67 bits per heavy atom. The summed E-state index contributed by atoms with van der Waals surface area (Å²) in [6.45, 7) is 4.00. The van der Waals surface area contributed by atoms with Gasteiger partial charge in [-0.05, 0) is 30.3 Å². The fourth-order valence-electron chi connectivity index (χ4n) is 1.23. The van der Waals surface area contributed by atoms with Crippen molar-refractivity contribution in [1.29, 1.82) is 5.26 Å². The van der Waals surface area contributed by atoms with Gasteiger partial charge in [0.1, 0.15) is 5.75 Å². The van der Waals surface area contributed by atoms with Gasteiger partial charge in [-0.3, -0.25) is 0 Å². The number of nitriles is 1. The molecule has 2 aromatic rings. The fourth-order valence-corrected chi connectivity index (χ4v) is 1.23. The van der Waals surface area contributed by atoms with Crippen LogP contribution in [0.5, 0.6) is 11.6 Å². The molecule has 1 heterocycles. The molecule has 0 bridgehead atoms. The summed E-state index contributed by atoms with van der Waals surface area (Å²) in [7, 11) is 0. The van der Waals surface area contributed by atoms with E-state index in [0.717, 1.165) is 0 Å². The van der Waals surface area contributed by atoms with Gasteiger partial charge in [-0.15, -0.1) is 0 Å². The van der Waals surface area contributed by atoms with Crippen molar-refractivity contribution in [2.75, 3.05) is 5.73 Å². The highest BCUT2D eigenvalue weighted by molar-refractivity contribution is 5.49. The Balaban J connectivity index is 0.000000771. The first-order valence-corrected chi connectivity index (χ1v) is 5.68. The van der Waals surface area contributed by atoms with Crippen LogP contribution in [0.15, 0.2) is 42.6 Å². The van der Waals surface area contributed by atoms with Gasteiger partial charge in [-0.25, -0.2) is 4.98 Å². The number of rotatable bonds is 2. The largest absolute Gasteiger partial charge is 0.437 e. The number of hydrogen-bond acceptors (Lipinski definition) is 4. The van der Waals surface area contributed by atoms with Crippen LogP contribution in [0.1, 0.15) is 19.4 Å². The molecule has 0 aliphatic heterocycles. The van der Waals surface area contributed by atoms with Gasteiger partial charge in [0, 0.05) is 6.20 Å². The Labute approximate surface area is 107 Å².